The molecule has 56 valence electrons. The van der Waals surface area contributed by atoms with E-state index in [-0.39, 0.29) is 0 Å². The summed E-state index contributed by atoms with van der Waals surface area (Å²) in [6, 6.07) is 8.46. The van der Waals surface area contributed by atoms with E-state index in [0.29, 0.717) is 0 Å². The Balaban J connectivity index is 2.33. The molecule has 0 aromatic heterocycles. The minimum atomic E-state index is 0.886. The Labute approximate surface area is 67.4 Å². The Kier molecular flexibility index (Phi) is 1.80. The van der Waals surface area contributed by atoms with E-state index in [1.807, 2.05) is 0 Å². The van der Waals surface area contributed by atoms with Crippen LogP contribution in [0.4, 0.5) is 5.69 Å². The number of nitrogens with one attached hydrogen (secondary N) is 1. The molecule has 1 aromatic carbocycles. The van der Waals surface area contributed by atoms with Crippen molar-refractivity contribution in [1.29, 1.82) is 0 Å². The third-order valence-electron chi connectivity index (χ3n) is 1.99. The number of anilines is 1. The summed E-state index contributed by atoms with van der Waals surface area (Å²) < 4.78 is 0. The summed E-state index contributed by atoms with van der Waals surface area (Å²) in [5, 5.41) is 3.31. The molecule has 1 aliphatic rings. The summed E-state index contributed by atoms with van der Waals surface area (Å²) in [6.07, 6.45) is 5.48. The van der Waals surface area contributed by atoms with Crippen LogP contribution in [0.3, 0.4) is 0 Å². The quantitative estimate of drug-likeness (QED) is 0.589. The van der Waals surface area contributed by atoms with Crippen molar-refractivity contribution in [1.82, 2.24) is 0 Å². The molecule has 1 aromatic rings. The standard InChI is InChI=1S/C10H11N/c1-2-7-10-9(5-1)6-3-4-8-11-10/h1-2,5,7,11H,3,6,8H2. The fourth-order valence-electron chi connectivity index (χ4n) is 1.38. The fraction of sp³-hybridized carbons (Fsp3) is 0.300. The Morgan fingerprint density at radius 1 is 1.27 bits per heavy atom. The van der Waals surface area contributed by atoms with Gasteiger partial charge >= 0.3 is 0 Å². The van der Waals surface area contributed by atoms with Crippen molar-refractivity contribution in [2.75, 3.05) is 11.9 Å². The smallest absolute Gasteiger partial charge is 0.0372 e. The van der Waals surface area contributed by atoms with Crippen molar-refractivity contribution in [2.45, 2.75) is 12.8 Å². The van der Waals surface area contributed by atoms with Crippen LogP contribution < -0.4 is 5.32 Å². The zero-order valence-corrected chi connectivity index (χ0v) is 6.43. The molecule has 1 nitrogen and oxygen atoms in total. The molecule has 0 amide bonds. The molecule has 1 heteroatoms. The Morgan fingerprint density at radius 3 is 3.18 bits per heavy atom. The van der Waals surface area contributed by atoms with E-state index in [0.717, 1.165) is 19.4 Å². The predicted molar refractivity (Wildman–Crippen MR) is 46.5 cm³/mol. The summed E-state index contributed by atoms with van der Waals surface area (Å²) in [5.74, 6) is 0. The number of hydrogen-bond donors (Lipinski definition) is 1. The summed E-state index contributed by atoms with van der Waals surface area (Å²) in [5.41, 5.74) is 2.69. The lowest BCUT2D eigenvalue weighted by atomic mass is 10.1. The molecule has 11 heavy (non-hydrogen) atoms. The Morgan fingerprint density at radius 2 is 2.18 bits per heavy atom. The van der Waals surface area contributed by atoms with E-state index < -0.39 is 0 Å². The summed E-state index contributed by atoms with van der Waals surface area (Å²) in [7, 11) is 0. The molecule has 0 aliphatic carbocycles. The maximum atomic E-state index is 3.31. The lowest BCUT2D eigenvalue weighted by Crippen LogP contribution is -1.99. The highest BCUT2D eigenvalue weighted by atomic mass is 14.9. The highest BCUT2D eigenvalue weighted by Gasteiger charge is 2.04. The van der Waals surface area contributed by atoms with Gasteiger partial charge < -0.3 is 5.32 Å². The zero-order chi connectivity index (χ0) is 7.52. The molecule has 0 atom stereocenters. The van der Waals surface area contributed by atoms with Crippen LogP contribution in [0, 0.1) is 6.42 Å². The Hall–Kier alpha value is -0.980. The highest BCUT2D eigenvalue weighted by molar-refractivity contribution is 5.52. The van der Waals surface area contributed by atoms with Gasteiger partial charge in [-0.1, -0.05) is 18.2 Å². The van der Waals surface area contributed by atoms with E-state index in [9.17, 15) is 0 Å². The minimum Gasteiger partial charge on any atom is -0.384 e. The lowest BCUT2D eigenvalue weighted by molar-refractivity contribution is 0.943. The maximum absolute atomic E-state index is 3.31. The van der Waals surface area contributed by atoms with Crippen molar-refractivity contribution in [3.05, 3.63) is 36.2 Å². The second-order valence-electron chi connectivity index (χ2n) is 2.76. The zero-order valence-electron chi connectivity index (χ0n) is 6.43. The van der Waals surface area contributed by atoms with Gasteiger partial charge in [0.15, 0.2) is 0 Å². The second kappa shape index (κ2) is 2.95. The van der Waals surface area contributed by atoms with Crippen LogP contribution in [0.15, 0.2) is 24.3 Å². The number of para-hydroxylation sites is 1. The predicted octanol–water partition coefficient (Wildman–Crippen LogP) is 2.13. The van der Waals surface area contributed by atoms with Gasteiger partial charge in [-0.25, -0.2) is 0 Å². The normalized spacial score (nSPS) is 16.4. The summed E-state index contributed by atoms with van der Waals surface area (Å²) in [4.78, 5) is 0. The van der Waals surface area contributed by atoms with E-state index in [4.69, 9.17) is 0 Å². The van der Waals surface area contributed by atoms with Crippen LogP contribution in [0.5, 0.6) is 0 Å². The van der Waals surface area contributed by atoms with E-state index >= 15 is 0 Å². The molecule has 0 unspecified atom stereocenters. The van der Waals surface area contributed by atoms with E-state index in [1.54, 1.807) is 0 Å². The van der Waals surface area contributed by atoms with Crippen molar-refractivity contribution < 1.29 is 0 Å². The number of rotatable bonds is 0. The molecule has 1 aliphatic heterocycles. The molecule has 0 saturated carbocycles. The van der Waals surface area contributed by atoms with Crippen LogP contribution in [0.2, 0.25) is 0 Å². The molecule has 1 heterocycles. The van der Waals surface area contributed by atoms with Crippen LogP contribution >= 0.6 is 0 Å². The highest BCUT2D eigenvalue weighted by Crippen LogP contribution is 2.19. The number of fused-ring (bicyclic) bond motifs is 1. The topological polar surface area (TPSA) is 12.0 Å². The van der Waals surface area contributed by atoms with Crippen LogP contribution in [-0.2, 0) is 6.42 Å². The molecule has 1 N–H and O–H groups in total. The van der Waals surface area contributed by atoms with Crippen molar-refractivity contribution >= 4 is 5.69 Å². The SMILES string of the molecule is [C]1CCc2ccccc2NC1. The second-order valence-corrected chi connectivity index (χ2v) is 2.76. The number of benzene rings is 1. The number of aryl methyl sites for hydroxylation is 1. The third-order valence-corrected chi connectivity index (χ3v) is 1.99. The molecule has 0 saturated heterocycles. The van der Waals surface area contributed by atoms with Gasteiger partial charge in [-0.15, -0.1) is 0 Å². The Bertz CT molecular complexity index is 217. The molecule has 0 spiro atoms. The van der Waals surface area contributed by atoms with Gasteiger partial charge in [0.2, 0.25) is 0 Å². The van der Waals surface area contributed by atoms with Crippen LogP contribution in [0.25, 0.3) is 0 Å². The first kappa shape index (κ1) is 6.71. The van der Waals surface area contributed by atoms with E-state index in [1.165, 1.54) is 11.3 Å². The monoisotopic (exact) mass is 145 g/mol. The fourth-order valence-corrected chi connectivity index (χ4v) is 1.38. The molecule has 0 bridgehead atoms. The minimum absolute atomic E-state index is 0.886. The van der Waals surface area contributed by atoms with Crippen molar-refractivity contribution in [3.63, 3.8) is 0 Å². The van der Waals surface area contributed by atoms with Gasteiger partial charge in [-0.2, -0.15) is 0 Å². The van der Waals surface area contributed by atoms with Gasteiger partial charge in [0, 0.05) is 18.7 Å². The first-order valence-corrected chi connectivity index (χ1v) is 3.99. The largest absolute Gasteiger partial charge is 0.384 e. The van der Waals surface area contributed by atoms with Gasteiger partial charge in [-0.3, -0.25) is 0 Å². The van der Waals surface area contributed by atoms with Gasteiger partial charge in [0.25, 0.3) is 0 Å². The third kappa shape index (κ3) is 1.37. The average Bonchev–Trinajstić information content (AvgIpc) is 2.28. The molecule has 2 rings (SSSR count). The van der Waals surface area contributed by atoms with Crippen molar-refractivity contribution in [3.8, 4) is 0 Å². The van der Waals surface area contributed by atoms with E-state index in [2.05, 4.69) is 36.0 Å². The number of hydrogen-bond acceptors (Lipinski definition) is 1. The molecule has 2 radical (unpaired) electrons. The van der Waals surface area contributed by atoms with Gasteiger partial charge in [-0.05, 0) is 24.5 Å². The molecule has 0 fully saturated rings. The first-order valence-electron chi connectivity index (χ1n) is 3.99. The maximum Gasteiger partial charge on any atom is 0.0372 e. The first-order chi connectivity index (χ1) is 5.47. The molecular formula is C10H11N. The van der Waals surface area contributed by atoms with Gasteiger partial charge in [0.05, 0.1) is 0 Å². The van der Waals surface area contributed by atoms with Crippen LogP contribution in [-0.4, -0.2) is 6.54 Å². The summed E-state index contributed by atoms with van der Waals surface area (Å²) in [6.45, 7) is 0.886. The summed E-state index contributed by atoms with van der Waals surface area (Å²) >= 11 is 0. The molecular weight excluding hydrogens is 134 g/mol. The van der Waals surface area contributed by atoms with Crippen molar-refractivity contribution in [2.24, 2.45) is 0 Å². The average molecular weight is 145 g/mol. The lowest BCUT2D eigenvalue weighted by Gasteiger charge is -2.04. The van der Waals surface area contributed by atoms with Crippen LogP contribution in [0.1, 0.15) is 12.0 Å². The van der Waals surface area contributed by atoms with Gasteiger partial charge in [0.1, 0.15) is 0 Å².